The number of anilines is 2. The molecule has 0 aliphatic heterocycles. The molecular formula is C16H11F2N5OS. The van der Waals surface area contributed by atoms with E-state index in [1.165, 1.54) is 11.3 Å². The lowest BCUT2D eigenvalue weighted by atomic mass is 10.2. The second-order valence-electron chi connectivity index (χ2n) is 5.32. The second-order valence-corrected chi connectivity index (χ2v) is 6.32. The van der Waals surface area contributed by atoms with Crippen LogP contribution in [-0.4, -0.2) is 27.6 Å². The maximum atomic E-state index is 13.1. The number of fused-ring (bicyclic) bond motifs is 3. The lowest BCUT2D eigenvalue weighted by Crippen LogP contribution is -2.21. The third kappa shape index (κ3) is 3.13. The van der Waals surface area contributed by atoms with Gasteiger partial charge in [0.25, 0.3) is 0 Å². The summed E-state index contributed by atoms with van der Waals surface area (Å²) in [5.74, 6) is -1.79. The first-order valence-corrected chi connectivity index (χ1v) is 8.12. The van der Waals surface area contributed by atoms with Gasteiger partial charge in [0.05, 0.1) is 28.5 Å². The Morgan fingerprint density at radius 3 is 2.80 bits per heavy atom. The van der Waals surface area contributed by atoms with Crippen molar-refractivity contribution in [2.75, 3.05) is 17.2 Å². The van der Waals surface area contributed by atoms with E-state index >= 15 is 0 Å². The summed E-state index contributed by atoms with van der Waals surface area (Å²) in [4.78, 5) is 16.4. The van der Waals surface area contributed by atoms with Crippen LogP contribution in [-0.2, 0) is 4.79 Å². The van der Waals surface area contributed by atoms with Gasteiger partial charge in [-0.05, 0) is 24.3 Å². The predicted octanol–water partition coefficient (Wildman–Crippen LogP) is 3.50. The summed E-state index contributed by atoms with van der Waals surface area (Å²) in [6, 6.07) is 6.71. The van der Waals surface area contributed by atoms with Gasteiger partial charge in [-0.15, -0.1) is 0 Å². The van der Waals surface area contributed by atoms with Crippen LogP contribution < -0.4 is 10.6 Å². The molecule has 0 unspecified atom stereocenters. The number of hydrogen-bond acceptors (Lipinski definition) is 5. The van der Waals surface area contributed by atoms with E-state index in [0.717, 1.165) is 39.3 Å². The number of aromatic nitrogens is 3. The maximum absolute atomic E-state index is 13.1. The van der Waals surface area contributed by atoms with Crippen LogP contribution >= 0.6 is 11.3 Å². The minimum atomic E-state index is -0.710. The van der Waals surface area contributed by atoms with Crippen LogP contribution in [0.2, 0.25) is 0 Å². The third-order valence-electron chi connectivity index (χ3n) is 3.54. The molecule has 0 spiro atoms. The van der Waals surface area contributed by atoms with Crippen LogP contribution in [0, 0.1) is 11.6 Å². The fourth-order valence-corrected chi connectivity index (χ4v) is 3.45. The topological polar surface area (TPSA) is 82.7 Å². The smallest absolute Gasteiger partial charge is 0.245 e. The number of rotatable bonds is 4. The van der Waals surface area contributed by atoms with Crippen molar-refractivity contribution < 1.29 is 13.6 Å². The van der Waals surface area contributed by atoms with E-state index in [1.807, 2.05) is 12.1 Å². The summed E-state index contributed by atoms with van der Waals surface area (Å²) in [6.07, 6.45) is 1.71. The number of carbonyl (C=O) groups excluding carboxylic acids is 1. The summed E-state index contributed by atoms with van der Waals surface area (Å²) >= 11 is 1.34. The molecule has 1 amide bonds. The summed E-state index contributed by atoms with van der Waals surface area (Å²) in [7, 11) is 0. The normalized spacial score (nSPS) is 11.1. The minimum absolute atomic E-state index is 0.139. The molecule has 9 heteroatoms. The molecule has 0 aliphatic carbocycles. The molecular weight excluding hydrogens is 348 g/mol. The molecule has 126 valence electrons. The first-order chi connectivity index (χ1) is 12.1. The molecule has 0 aliphatic rings. The van der Waals surface area contributed by atoms with Gasteiger partial charge in [0.1, 0.15) is 11.6 Å². The Kier molecular flexibility index (Phi) is 3.77. The monoisotopic (exact) mass is 359 g/mol. The van der Waals surface area contributed by atoms with Crippen molar-refractivity contribution in [3.05, 3.63) is 48.2 Å². The number of carbonyl (C=O) groups is 1. The average Bonchev–Trinajstić information content (AvgIpc) is 3.17. The standard InChI is InChI=1S/C16H11F2N5OS/c17-8-3-9(18)5-10(4-8)19-7-14(24)22-16-21-13-2-1-12-11(6-20-23-12)15(13)25-16/h1-6,19H,7H2,(H,20,23)(H,21,22,24). The van der Waals surface area contributed by atoms with Gasteiger partial charge in [-0.25, -0.2) is 13.8 Å². The molecule has 0 saturated heterocycles. The Morgan fingerprint density at radius 2 is 2.00 bits per heavy atom. The van der Waals surface area contributed by atoms with E-state index in [0.29, 0.717) is 5.13 Å². The molecule has 0 bridgehead atoms. The first kappa shape index (κ1) is 15.5. The average molecular weight is 359 g/mol. The van der Waals surface area contributed by atoms with Gasteiger partial charge in [0.15, 0.2) is 5.13 Å². The Bertz CT molecular complexity index is 1070. The van der Waals surface area contributed by atoms with E-state index in [2.05, 4.69) is 25.8 Å². The van der Waals surface area contributed by atoms with Crippen molar-refractivity contribution in [1.29, 1.82) is 0 Å². The number of nitrogens with one attached hydrogen (secondary N) is 3. The van der Waals surface area contributed by atoms with E-state index in [4.69, 9.17) is 0 Å². The van der Waals surface area contributed by atoms with Gasteiger partial charge in [-0.3, -0.25) is 9.89 Å². The highest BCUT2D eigenvalue weighted by atomic mass is 32.1. The number of nitrogens with zero attached hydrogens (tertiary/aromatic N) is 2. The Labute approximate surface area is 143 Å². The molecule has 0 saturated carbocycles. The highest BCUT2D eigenvalue weighted by Crippen LogP contribution is 2.31. The summed E-state index contributed by atoms with van der Waals surface area (Å²) in [5, 5.41) is 13.6. The number of thiazole rings is 1. The van der Waals surface area contributed by atoms with Crippen LogP contribution in [0.1, 0.15) is 0 Å². The van der Waals surface area contributed by atoms with Crippen molar-refractivity contribution in [2.24, 2.45) is 0 Å². The predicted molar refractivity (Wildman–Crippen MR) is 92.7 cm³/mol. The molecule has 0 radical (unpaired) electrons. The van der Waals surface area contributed by atoms with Crippen LogP contribution in [0.5, 0.6) is 0 Å². The van der Waals surface area contributed by atoms with Crippen molar-refractivity contribution in [3.8, 4) is 0 Å². The Hall–Kier alpha value is -3.07. The van der Waals surface area contributed by atoms with E-state index in [9.17, 15) is 13.6 Å². The van der Waals surface area contributed by atoms with Crippen molar-refractivity contribution >= 4 is 49.2 Å². The number of H-pyrrole nitrogens is 1. The quantitative estimate of drug-likeness (QED) is 0.521. The maximum Gasteiger partial charge on any atom is 0.245 e. The summed E-state index contributed by atoms with van der Waals surface area (Å²) in [5.41, 5.74) is 1.84. The fraction of sp³-hybridized carbons (Fsp3) is 0.0625. The molecule has 0 fully saturated rings. The van der Waals surface area contributed by atoms with E-state index in [-0.39, 0.29) is 18.1 Å². The van der Waals surface area contributed by atoms with Crippen LogP contribution in [0.4, 0.5) is 19.6 Å². The number of hydrogen-bond donors (Lipinski definition) is 3. The van der Waals surface area contributed by atoms with Gasteiger partial charge >= 0.3 is 0 Å². The number of halogens is 2. The minimum Gasteiger partial charge on any atom is -0.376 e. The van der Waals surface area contributed by atoms with E-state index < -0.39 is 11.6 Å². The van der Waals surface area contributed by atoms with Crippen LogP contribution in [0.25, 0.3) is 21.1 Å². The molecule has 4 aromatic rings. The molecule has 2 heterocycles. The van der Waals surface area contributed by atoms with Crippen molar-refractivity contribution in [3.63, 3.8) is 0 Å². The third-order valence-corrected chi connectivity index (χ3v) is 4.56. The number of amides is 1. The molecule has 2 aromatic heterocycles. The summed E-state index contributed by atoms with van der Waals surface area (Å²) < 4.78 is 27.2. The zero-order valence-electron chi connectivity index (χ0n) is 12.6. The molecule has 3 N–H and O–H groups in total. The molecule has 2 aromatic carbocycles. The fourth-order valence-electron chi connectivity index (χ4n) is 2.46. The van der Waals surface area contributed by atoms with Crippen LogP contribution in [0.3, 0.4) is 0 Å². The molecule has 25 heavy (non-hydrogen) atoms. The van der Waals surface area contributed by atoms with Crippen LogP contribution in [0.15, 0.2) is 36.5 Å². The van der Waals surface area contributed by atoms with Gasteiger partial charge in [0, 0.05) is 17.1 Å². The van der Waals surface area contributed by atoms with Gasteiger partial charge in [-0.2, -0.15) is 5.10 Å². The lowest BCUT2D eigenvalue weighted by Gasteiger charge is -2.06. The van der Waals surface area contributed by atoms with Gasteiger partial charge in [0.2, 0.25) is 5.91 Å². The Morgan fingerprint density at radius 1 is 1.20 bits per heavy atom. The van der Waals surface area contributed by atoms with Gasteiger partial charge < -0.3 is 10.6 Å². The molecule has 4 rings (SSSR count). The van der Waals surface area contributed by atoms with Crippen molar-refractivity contribution in [1.82, 2.24) is 15.2 Å². The molecule has 6 nitrogen and oxygen atoms in total. The second kappa shape index (κ2) is 6.10. The number of benzene rings is 2. The zero-order chi connectivity index (χ0) is 17.4. The SMILES string of the molecule is O=C(CNc1cc(F)cc(F)c1)Nc1nc2ccc3[nH]ncc3c2s1. The number of aromatic amines is 1. The largest absolute Gasteiger partial charge is 0.376 e. The first-order valence-electron chi connectivity index (χ1n) is 7.31. The molecule has 0 atom stereocenters. The van der Waals surface area contributed by atoms with Crippen molar-refractivity contribution in [2.45, 2.75) is 0 Å². The Balaban J connectivity index is 1.48. The highest BCUT2D eigenvalue weighted by Gasteiger charge is 2.11. The zero-order valence-corrected chi connectivity index (χ0v) is 13.5. The highest BCUT2D eigenvalue weighted by molar-refractivity contribution is 7.23. The van der Waals surface area contributed by atoms with E-state index in [1.54, 1.807) is 6.20 Å². The van der Waals surface area contributed by atoms with Gasteiger partial charge in [-0.1, -0.05) is 11.3 Å². The lowest BCUT2D eigenvalue weighted by molar-refractivity contribution is -0.114. The summed E-state index contributed by atoms with van der Waals surface area (Å²) in [6.45, 7) is -0.139.